The molecule has 0 spiro atoms. The first-order valence-electron chi connectivity index (χ1n) is 28.9. The van der Waals surface area contributed by atoms with Crippen molar-refractivity contribution >= 4 is 86.0 Å². The number of piperidine rings is 4. The summed E-state index contributed by atoms with van der Waals surface area (Å²) in [5.41, 5.74) is -6.17. The summed E-state index contributed by atoms with van der Waals surface area (Å²) in [5.74, 6) is 4.84. The number of carbonyl (C=O) groups excluding carboxylic acids is 2. The lowest BCUT2D eigenvalue weighted by atomic mass is 9.98. The molecule has 8 rings (SSSR count). The largest absolute Gasteiger partial charge is 0.523 e. The van der Waals surface area contributed by atoms with Crippen LogP contribution in [-0.4, -0.2) is 174 Å². The molecule has 4 aliphatic heterocycles. The number of hydrogen-bond donors (Lipinski definition) is 3. The predicted octanol–water partition coefficient (Wildman–Crippen LogP) is 13.1. The number of halogens is 7. The summed E-state index contributed by atoms with van der Waals surface area (Å²) in [5, 5.41) is 21.0. The maximum Gasteiger partial charge on any atom is 0.523 e. The third-order valence-electron chi connectivity index (χ3n) is 13.1. The highest BCUT2D eigenvalue weighted by Crippen LogP contribution is 2.27. The Balaban J connectivity index is 0.000000280. The molecule has 0 atom stereocenters. The first kappa shape index (κ1) is 77.1. The molecule has 4 aromatic heterocycles. The van der Waals surface area contributed by atoms with Crippen LogP contribution in [0, 0.1) is 23.7 Å². The zero-order chi connectivity index (χ0) is 64.6. The molecule has 0 radical (unpaired) electrons. The highest BCUT2D eigenvalue weighted by atomic mass is 79.9. The zero-order valence-corrected chi connectivity index (χ0v) is 58.1. The molecule has 0 saturated carbocycles. The molecule has 20 nitrogen and oxygen atoms in total. The quantitative estimate of drug-likeness (QED) is 0.0833. The lowest BCUT2D eigenvalue weighted by molar-refractivity contribution is -0.0539. The summed E-state index contributed by atoms with van der Waals surface area (Å²) in [7, 11) is -5.35. The van der Waals surface area contributed by atoms with Crippen LogP contribution < -0.4 is 19.5 Å². The molecule has 0 bridgehead atoms. The number of likely N-dealkylation sites (tertiary alicyclic amines) is 3. The smallest absolute Gasteiger partial charge is 0.506 e. The summed E-state index contributed by atoms with van der Waals surface area (Å²) in [4.78, 5) is 45.6. The van der Waals surface area contributed by atoms with Gasteiger partial charge in [0.2, 0.25) is 0 Å². The van der Waals surface area contributed by atoms with Crippen LogP contribution in [0.25, 0.3) is 0 Å². The molecule has 0 aliphatic carbocycles. The van der Waals surface area contributed by atoms with E-state index >= 15 is 0 Å². The Morgan fingerprint density at radius 1 is 0.563 bits per heavy atom. The third kappa shape index (κ3) is 34.0. The van der Waals surface area contributed by atoms with Gasteiger partial charge in [-0.05, 0) is 244 Å². The summed E-state index contributed by atoms with van der Waals surface area (Å²) < 4.78 is 88.7. The van der Waals surface area contributed by atoms with Crippen LogP contribution in [0.15, 0.2) is 91.7 Å². The Hall–Kier alpha value is -4.16. The standard InChI is InChI=1S/C16H23BrN2O3.C13H19BrN2O.C11H15BrN2O.C11H21NO3.C5H4BrNO.C3H5F3O3S/c1-16(2,3)22-15(20)19-6-4-12(5-7-19)11-21-14-8-13(17)9-18-10-14;1-2-16-5-3-11(4-6-16)10-17-13-7-12(14)8-15-9-13;12-10-5-11(7-14-6-10)15-8-9-1-3-13-4-2-9;1-11(2,3)15-10(14)12-6-4-9(8-13)5-7-12;6-4-1-5(8)3-7-2-4;1-2-9-10(7,8)3(4,5)6/h8-10,12H,4-7,11H2,1-3H3;7-9,11H,2-6,10H2,1H3;5-7,9,13H,1-4,8H2;9,13H,4-8H2,1-3H3;1-3,8H;2H2,1H3. The predicted molar refractivity (Wildman–Crippen MR) is 341 cm³/mol. The van der Waals surface area contributed by atoms with E-state index in [0.29, 0.717) is 43.4 Å². The third-order valence-corrected chi connectivity index (χ3v) is 16.0. The molecule has 0 aromatic carbocycles. The Bertz CT molecular complexity index is 2690. The molecule has 4 aromatic rings. The van der Waals surface area contributed by atoms with Crippen LogP contribution in [0.4, 0.5) is 22.8 Å². The molecular weight excluding hydrogens is 1420 g/mol. The summed E-state index contributed by atoms with van der Waals surface area (Å²) in [6, 6.07) is 7.40. The summed E-state index contributed by atoms with van der Waals surface area (Å²) in [6.45, 7) is 25.3. The van der Waals surface area contributed by atoms with Gasteiger partial charge in [0.05, 0.1) is 51.2 Å². The number of alkyl halides is 3. The fourth-order valence-corrected chi connectivity index (χ4v) is 10.3. The lowest BCUT2D eigenvalue weighted by Crippen LogP contribution is -2.42. The van der Waals surface area contributed by atoms with Crippen molar-refractivity contribution in [3.63, 3.8) is 0 Å². The van der Waals surface area contributed by atoms with Gasteiger partial charge in [-0.25, -0.2) is 9.59 Å². The maximum atomic E-state index is 12.0. The van der Waals surface area contributed by atoms with E-state index in [0.717, 1.165) is 107 Å². The number of nitrogens with one attached hydrogen (secondary N) is 1. The zero-order valence-electron chi connectivity index (χ0n) is 51.0. The van der Waals surface area contributed by atoms with Gasteiger partial charge in [0.25, 0.3) is 0 Å². The van der Waals surface area contributed by atoms with Gasteiger partial charge in [-0.15, -0.1) is 0 Å². The van der Waals surface area contributed by atoms with Crippen molar-refractivity contribution in [2.75, 3.05) is 91.9 Å². The normalized spacial score (nSPS) is 16.5. The molecule has 490 valence electrons. The van der Waals surface area contributed by atoms with Crippen molar-refractivity contribution in [3.8, 4) is 23.0 Å². The van der Waals surface area contributed by atoms with Gasteiger partial charge in [-0.1, -0.05) is 6.92 Å². The van der Waals surface area contributed by atoms with Gasteiger partial charge in [0.15, 0.2) is 0 Å². The molecule has 87 heavy (non-hydrogen) atoms. The molecule has 8 heterocycles. The maximum absolute atomic E-state index is 12.0. The number of pyridine rings is 4. The molecule has 28 heteroatoms. The number of amides is 2. The highest BCUT2D eigenvalue weighted by Gasteiger charge is 2.47. The Morgan fingerprint density at radius 3 is 1.20 bits per heavy atom. The molecule has 4 aliphatic rings. The van der Waals surface area contributed by atoms with Gasteiger partial charge >= 0.3 is 27.8 Å². The number of aromatic nitrogens is 4. The number of aliphatic hydroxyl groups excluding tert-OH is 1. The summed E-state index contributed by atoms with van der Waals surface area (Å²) >= 11 is 13.3. The van der Waals surface area contributed by atoms with E-state index in [1.807, 2.05) is 59.7 Å². The number of rotatable bonds is 13. The fraction of sp³-hybridized carbons (Fsp3) is 0.627. The second kappa shape index (κ2) is 39.9. The number of carbonyl (C=O) groups is 2. The average molecular weight is 1510 g/mol. The van der Waals surface area contributed by atoms with Crippen LogP contribution in [0.3, 0.4) is 0 Å². The van der Waals surface area contributed by atoms with Gasteiger partial charge in [-0.3, -0.25) is 24.1 Å². The van der Waals surface area contributed by atoms with Gasteiger partial charge < -0.3 is 53.9 Å². The van der Waals surface area contributed by atoms with E-state index in [1.165, 1.54) is 51.5 Å². The van der Waals surface area contributed by atoms with E-state index in [2.05, 4.69) is 105 Å². The van der Waals surface area contributed by atoms with Crippen molar-refractivity contribution in [3.05, 3.63) is 91.7 Å². The van der Waals surface area contributed by atoms with Crippen LogP contribution in [-0.2, 0) is 23.8 Å². The van der Waals surface area contributed by atoms with Crippen molar-refractivity contribution < 1.29 is 69.3 Å². The number of ether oxygens (including phenoxy) is 5. The molecule has 4 fully saturated rings. The van der Waals surface area contributed by atoms with Crippen LogP contribution >= 0.6 is 63.7 Å². The molecule has 3 N–H and O–H groups in total. The monoisotopic (exact) mass is 1500 g/mol. The van der Waals surface area contributed by atoms with Gasteiger partial charge in [-0.2, -0.15) is 21.6 Å². The molecule has 0 unspecified atom stereocenters. The summed E-state index contributed by atoms with van der Waals surface area (Å²) in [6.07, 6.45) is 21.5. The molecular formula is C59H87Br4F3N8O12S. The second-order valence-electron chi connectivity index (χ2n) is 22.7. The molecule has 4 saturated heterocycles. The van der Waals surface area contributed by atoms with Crippen molar-refractivity contribution in [1.29, 1.82) is 0 Å². The lowest BCUT2D eigenvalue weighted by Gasteiger charge is -2.33. The van der Waals surface area contributed by atoms with Gasteiger partial charge in [0, 0.05) is 75.5 Å². The minimum Gasteiger partial charge on any atom is -0.506 e. The Kier molecular flexibility index (Phi) is 35.3. The number of hydrogen-bond acceptors (Lipinski definition) is 18. The Labute approximate surface area is 545 Å². The van der Waals surface area contributed by atoms with E-state index < -0.39 is 33.4 Å². The van der Waals surface area contributed by atoms with Gasteiger partial charge in [0.1, 0.15) is 34.2 Å². The fourth-order valence-electron chi connectivity index (χ4n) is 8.43. The highest BCUT2D eigenvalue weighted by molar-refractivity contribution is 9.11. The van der Waals surface area contributed by atoms with E-state index in [1.54, 1.807) is 59.2 Å². The van der Waals surface area contributed by atoms with Crippen LogP contribution in [0.2, 0.25) is 0 Å². The SMILES string of the molecule is Brc1cncc(OCC2CCNCC2)c1.CC(C)(C)OC(=O)N1CCC(CO)CC1.CC(C)(C)OC(=O)N1CCC(COc2cncc(Br)c2)CC1.CCN1CCC(COc2cncc(Br)c2)CC1.CCOS(=O)(=O)C(F)(F)F.Oc1cncc(Br)c1. The Morgan fingerprint density at radius 2 is 0.908 bits per heavy atom. The van der Waals surface area contributed by atoms with Crippen LogP contribution in [0.5, 0.6) is 23.0 Å². The van der Waals surface area contributed by atoms with Crippen LogP contribution in [0.1, 0.15) is 107 Å². The van der Waals surface area contributed by atoms with Crippen molar-refractivity contribution in [2.45, 2.75) is 123 Å². The van der Waals surface area contributed by atoms with E-state index in [4.69, 9.17) is 33.9 Å². The first-order valence-corrected chi connectivity index (χ1v) is 33.5. The first-order chi connectivity index (χ1) is 41.0. The average Bonchev–Trinajstić information content (AvgIpc) is 3.37. The molecule has 2 amide bonds. The number of nitrogens with zero attached hydrogens (tertiary/aromatic N) is 7. The number of aromatic hydroxyl groups is 1. The van der Waals surface area contributed by atoms with Crippen molar-refractivity contribution in [2.24, 2.45) is 23.7 Å². The minimum atomic E-state index is -5.35. The number of aliphatic hydroxyl groups is 1. The van der Waals surface area contributed by atoms with Crippen molar-refractivity contribution in [1.82, 2.24) is 40.0 Å². The second-order valence-corrected chi connectivity index (χ2v) is 28.0. The van der Waals surface area contributed by atoms with E-state index in [9.17, 15) is 31.2 Å². The topological polar surface area (TPSA) is 237 Å². The minimum absolute atomic E-state index is 0.180. The van der Waals surface area contributed by atoms with E-state index in [-0.39, 0.29) is 24.5 Å².